The van der Waals surface area contributed by atoms with Crippen LogP contribution in [-0.4, -0.2) is 19.7 Å². The van der Waals surface area contributed by atoms with Crippen LogP contribution in [0.2, 0.25) is 0 Å². The SMILES string of the molecule is COc1cccc(C2CC(NCC3(C)CCCC3)C2)c1. The van der Waals surface area contributed by atoms with Gasteiger partial charge in [0.05, 0.1) is 7.11 Å². The first-order chi connectivity index (χ1) is 9.68. The normalized spacial score (nSPS) is 28.1. The maximum Gasteiger partial charge on any atom is 0.119 e. The van der Waals surface area contributed by atoms with E-state index >= 15 is 0 Å². The second-order valence-corrected chi connectivity index (χ2v) is 7.04. The van der Waals surface area contributed by atoms with Crippen molar-refractivity contribution in [1.82, 2.24) is 5.32 Å². The number of nitrogens with one attached hydrogen (secondary N) is 1. The fourth-order valence-corrected chi connectivity index (χ4v) is 3.75. The molecule has 2 nitrogen and oxygen atoms in total. The van der Waals surface area contributed by atoms with E-state index in [4.69, 9.17) is 4.74 Å². The van der Waals surface area contributed by atoms with Crippen LogP contribution in [-0.2, 0) is 0 Å². The van der Waals surface area contributed by atoms with Crippen LogP contribution in [0.5, 0.6) is 5.75 Å². The van der Waals surface area contributed by atoms with E-state index in [1.165, 1.54) is 50.6 Å². The van der Waals surface area contributed by atoms with E-state index in [-0.39, 0.29) is 0 Å². The Labute approximate surface area is 122 Å². The Morgan fingerprint density at radius 3 is 2.70 bits per heavy atom. The summed E-state index contributed by atoms with van der Waals surface area (Å²) in [7, 11) is 1.74. The van der Waals surface area contributed by atoms with E-state index in [0.717, 1.165) is 17.7 Å². The van der Waals surface area contributed by atoms with Gasteiger partial charge < -0.3 is 10.1 Å². The molecule has 0 unspecified atom stereocenters. The molecule has 0 aromatic heterocycles. The van der Waals surface area contributed by atoms with Gasteiger partial charge in [0.2, 0.25) is 0 Å². The summed E-state index contributed by atoms with van der Waals surface area (Å²) in [6.45, 7) is 3.66. The summed E-state index contributed by atoms with van der Waals surface area (Å²) in [5.74, 6) is 1.70. The van der Waals surface area contributed by atoms with Gasteiger partial charge in [-0.1, -0.05) is 31.9 Å². The number of benzene rings is 1. The quantitative estimate of drug-likeness (QED) is 0.871. The molecule has 110 valence electrons. The maximum atomic E-state index is 5.31. The Morgan fingerprint density at radius 1 is 1.25 bits per heavy atom. The van der Waals surface area contributed by atoms with Crippen LogP contribution in [0.1, 0.15) is 56.9 Å². The zero-order valence-corrected chi connectivity index (χ0v) is 12.8. The second-order valence-electron chi connectivity index (χ2n) is 7.04. The molecule has 0 atom stereocenters. The summed E-state index contributed by atoms with van der Waals surface area (Å²) in [5, 5.41) is 3.80. The van der Waals surface area contributed by atoms with E-state index in [1.54, 1.807) is 7.11 Å². The fourth-order valence-electron chi connectivity index (χ4n) is 3.75. The molecular formula is C18H27NO. The molecule has 0 saturated heterocycles. The van der Waals surface area contributed by atoms with Crippen molar-refractivity contribution in [3.05, 3.63) is 29.8 Å². The first kappa shape index (κ1) is 13.9. The van der Waals surface area contributed by atoms with Crippen molar-refractivity contribution < 1.29 is 4.74 Å². The van der Waals surface area contributed by atoms with Crippen molar-refractivity contribution in [2.24, 2.45) is 5.41 Å². The van der Waals surface area contributed by atoms with Crippen molar-refractivity contribution in [1.29, 1.82) is 0 Å². The highest BCUT2D eigenvalue weighted by Gasteiger charge is 2.33. The van der Waals surface area contributed by atoms with Crippen molar-refractivity contribution in [2.75, 3.05) is 13.7 Å². The van der Waals surface area contributed by atoms with Gasteiger partial charge in [-0.05, 0) is 54.7 Å². The molecule has 0 heterocycles. The third-order valence-corrected chi connectivity index (χ3v) is 5.33. The fraction of sp³-hybridized carbons (Fsp3) is 0.667. The molecule has 2 saturated carbocycles. The maximum absolute atomic E-state index is 5.31. The van der Waals surface area contributed by atoms with E-state index < -0.39 is 0 Å². The topological polar surface area (TPSA) is 21.3 Å². The minimum absolute atomic E-state index is 0.570. The van der Waals surface area contributed by atoms with Crippen LogP contribution in [0, 0.1) is 5.41 Å². The molecule has 1 aromatic carbocycles. The van der Waals surface area contributed by atoms with Gasteiger partial charge in [-0.3, -0.25) is 0 Å². The van der Waals surface area contributed by atoms with Crippen LogP contribution in [0.15, 0.2) is 24.3 Å². The van der Waals surface area contributed by atoms with Crippen LogP contribution in [0.25, 0.3) is 0 Å². The largest absolute Gasteiger partial charge is 0.497 e. The molecule has 0 bridgehead atoms. The van der Waals surface area contributed by atoms with Crippen molar-refractivity contribution in [3.63, 3.8) is 0 Å². The zero-order chi connectivity index (χ0) is 14.0. The van der Waals surface area contributed by atoms with Gasteiger partial charge in [0, 0.05) is 12.6 Å². The van der Waals surface area contributed by atoms with E-state index in [2.05, 4.69) is 30.4 Å². The van der Waals surface area contributed by atoms with Crippen LogP contribution in [0.3, 0.4) is 0 Å². The number of rotatable bonds is 5. The van der Waals surface area contributed by atoms with E-state index in [0.29, 0.717) is 5.41 Å². The smallest absolute Gasteiger partial charge is 0.119 e. The lowest BCUT2D eigenvalue weighted by Crippen LogP contribution is -2.44. The summed E-state index contributed by atoms with van der Waals surface area (Å²) in [6, 6.07) is 9.29. The summed E-state index contributed by atoms with van der Waals surface area (Å²) >= 11 is 0. The Balaban J connectivity index is 1.46. The van der Waals surface area contributed by atoms with E-state index in [1.807, 2.05) is 6.07 Å². The average Bonchev–Trinajstić information content (AvgIpc) is 2.84. The van der Waals surface area contributed by atoms with Crippen LogP contribution >= 0.6 is 0 Å². The third kappa shape index (κ3) is 3.01. The first-order valence-corrected chi connectivity index (χ1v) is 8.06. The predicted molar refractivity (Wildman–Crippen MR) is 83.3 cm³/mol. The first-order valence-electron chi connectivity index (χ1n) is 8.06. The summed E-state index contributed by atoms with van der Waals surface area (Å²) in [6.07, 6.45) is 8.23. The molecular weight excluding hydrogens is 246 g/mol. The molecule has 20 heavy (non-hydrogen) atoms. The standard InChI is InChI=1S/C18H27NO/c1-18(8-3-4-9-18)13-19-16-10-15(11-16)14-6-5-7-17(12-14)20-2/h5-7,12,15-16,19H,3-4,8-11,13H2,1-2H3. The molecule has 2 fully saturated rings. The van der Waals surface area contributed by atoms with Gasteiger partial charge in [0.25, 0.3) is 0 Å². The monoisotopic (exact) mass is 273 g/mol. The molecule has 2 aliphatic rings. The van der Waals surface area contributed by atoms with Crippen molar-refractivity contribution >= 4 is 0 Å². The molecule has 1 N–H and O–H groups in total. The van der Waals surface area contributed by atoms with Crippen molar-refractivity contribution in [3.8, 4) is 5.75 Å². The molecule has 2 heteroatoms. The predicted octanol–water partition coefficient (Wildman–Crippen LogP) is 4.11. The molecule has 2 aliphatic carbocycles. The summed E-state index contributed by atoms with van der Waals surface area (Å²) in [5.41, 5.74) is 2.01. The summed E-state index contributed by atoms with van der Waals surface area (Å²) in [4.78, 5) is 0. The van der Waals surface area contributed by atoms with Gasteiger partial charge in [-0.2, -0.15) is 0 Å². The van der Waals surface area contributed by atoms with Crippen LogP contribution in [0.4, 0.5) is 0 Å². The highest BCUT2D eigenvalue weighted by molar-refractivity contribution is 5.32. The third-order valence-electron chi connectivity index (χ3n) is 5.33. The molecule has 0 spiro atoms. The van der Waals surface area contributed by atoms with Gasteiger partial charge >= 0.3 is 0 Å². The number of hydrogen-bond donors (Lipinski definition) is 1. The lowest BCUT2D eigenvalue weighted by Gasteiger charge is -2.38. The zero-order valence-electron chi connectivity index (χ0n) is 12.8. The number of ether oxygens (including phenoxy) is 1. The van der Waals surface area contributed by atoms with Gasteiger partial charge in [0.1, 0.15) is 5.75 Å². The van der Waals surface area contributed by atoms with E-state index in [9.17, 15) is 0 Å². The Hall–Kier alpha value is -1.02. The number of methoxy groups -OCH3 is 1. The summed E-state index contributed by atoms with van der Waals surface area (Å²) < 4.78 is 5.31. The molecule has 0 radical (unpaired) electrons. The average molecular weight is 273 g/mol. The lowest BCUT2D eigenvalue weighted by atomic mass is 9.75. The highest BCUT2D eigenvalue weighted by atomic mass is 16.5. The Morgan fingerprint density at radius 2 is 2.00 bits per heavy atom. The molecule has 0 aliphatic heterocycles. The Kier molecular flexibility index (Phi) is 4.02. The van der Waals surface area contributed by atoms with Gasteiger partial charge in [0.15, 0.2) is 0 Å². The molecule has 0 amide bonds. The van der Waals surface area contributed by atoms with Crippen LogP contribution < -0.4 is 10.1 Å². The van der Waals surface area contributed by atoms with Gasteiger partial charge in [-0.15, -0.1) is 0 Å². The Bertz CT molecular complexity index is 444. The lowest BCUT2D eigenvalue weighted by molar-refractivity contribution is 0.234. The molecule has 3 rings (SSSR count). The van der Waals surface area contributed by atoms with Gasteiger partial charge in [-0.25, -0.2) is 0 Å². The second kappa shape index (κ2) is 5.77. The number of hydrogen-bond acceptors (Lipinski definition) is 2. The highest BCUT2D eigenvalue weighted by Crippen LogP contribution is 2.40. The van der Waals surface area contributed by atoms with Crippen molar-refractivity contribution in [2.45, 2.75) is 57.4 Å². The minimum Gasteiger partial charge on any atom is -0.497 e. The molecule has 1 aromatic rings. The minimum atomic E-state index is 0.570.